The highest BCUT2D eigenvalue weighted by atomic mass is 32.2. The fourth-order valence-corrected chi connectivity index (χ4v) is 5.78. The number of aromatic amines is 1. The summed E-state index contributed by atoms with van der Waals surface area (Å²) in [7, 11) is -1.19. The lowest BCUT2D eigenvalue weighted by Crippen LogP contribution is -2.50. The molecule has 0 bridgehead atoms. The summed E-state index contributed by atoms with van der Waals surface area (Å²) in [4.78, 5) is 13.9. The monoisotopic (exact) mass is 379 g/mol. The Bertz CT molecular complexity index is 877. The first-order valence-electron chi connectivity index (χ1n) is 9.04. The molecule has 0 spiro atoms. The van der Waals surface area contributed by atoms with Gasteiger partial charge in [-0.05, 0) is 31.7 Å². The van der Waals surface area contributed by atoms with Crippen LogP contribution >= 0.6 is 0 Å². The molecule has 1 saturated carbocycles. The van der Waals surface area contributed by atoms with Crippen LogP contribution in [0.5, 0.6) is 0 Å². The molecule has 0 radical (unpaired) electrons. The molecule has 1 saturated heterocycles. The lowest BCUT2D eigenvalue weighted by atomic mass is 9.81. The minimum absolute atomic E-state index is 0.0275. The zero-order chi connectivity index (χ0) is 18.3. The van der Waals surface area contributed by atoms with Gasteiger partial charge in [0.15, 0.2) is 0 Å². The Labute approximate surface area is 153 Å². The van der Waals surface area contributed by atoms with E-state index in [0.29, 0.717) is 25.7 Å². The van der Waals surface area contributed by atoms with Gasteiger partial charge in [-0.15, -0.1) is 0 Å². The Kier molecular flexibility index (Phi) is 4.62. The van der Waals surface area contributed by atoms with E-state index in [0.717, 1.165) is 29.7 Å². The summed E-state index contributed by atoms with van der Waals surface area (Å²) < 4.78 is 32.3. The predicted molar refractivity (Wildman–Crippen MR) is 99.6 cm³/mol. The van der Waals surface area contributed by atoms with Crippen molar-refractivity contribution in [3.63, 3.8) is 0 Å². The van der Waals surface area contributed by atoms with Gasteiger partial charge >= 0.3 is 0 Å². The van der Waals surface area contributed by atoms with E-state index in [1.54, 1.807) is 10.6 Å². The molecule has 1 atom stereocenters. The first kappa shape index (κ1) is 17.7. The molecule has 26 heavy (non-hydrogen) atoms. The van der Waals surface area contributed by atoms with Crippen molar-refractivity contribution in [2.75, 3.05) is 37.4 Å². The van der Waals surface area contributed by atoms with Crippen molar-refractivity contribution in [2.24, 2.45) is 5.92 Å². The Hall–Kier alpha value is -1.71. The molecule has 1 N–H and O–H groups in total. The summed E-state index contributed by atoms with van der Waals surface area (Å²) >= 11 is 0. The minimum Gasteiger partial charge on any atom is -0.376 e. The molecule has 142 valence electrons. The molecular weight excluding hydrogens is 354 g/mol. The van der Waals surface area contributed by atoms with Gasteiger partial charge in [0.05, 0.1) is 23.8 Å². The SMILES string of the molecule is C[C@H]1CN(S(=O)(=O)C[C@H]2C[C@@H](N(C)c3ncnc4[nH]ccc34)C2)CCO1. The van der Waals surface area contributed by atoms with Crippen molar-refractivity contribution in [2.45, 2.75) is 31.9 Å². The average Bonchev–Trinajstić information content (AvgIpc) is 3.06. The van der Waals surface area contributed by atoms with Crippen LogP contribution in [0.1, 0.15) is 19.8 Å². The summed E-state index contributed by atoms with van der Waals surface area (Å²) in [6.07, 6.45) is 5.12. The smallest absolute Gasteiger partial charge is 0.214 e. The number of fused-ring (bicyclic) bond motifs is 1. The van der Waals surface area contributed by atoms with Gasteiger partial charge in [0, 0.05) is 32.4 Å². The summed E-state index contributed by atoms with van der Waals surface area (Å²) in [5.74, 6) is 1.33. The summed E-state index contributed by atoms with van der Waals surface area (Å²) in [5, 5.41) is 0.994. The van der Waals surface area contributed by atoms with Crippen LogP contribution in [0.15, 0.2) is 18.6 Å². The molecule has 8 nitrogen and oxygen atoms in total. The second kappa shape index (κ2) is 6.79. The summed E-state index contributed by atoms with van der Waals surface area (Å²) in [6.45, 7) is 3.33. The molecule has 2 fully saturated rings. The predicted octanol–water partition coefficient (Wildman–Crippen LogP) is 1.22. The summed E-state index contributed by atoms with van der Waals surface area (Å²) in [6, 6.07) is 2.29. The Balaban J connectivity index is 1.37. The zero-order valence-corrected chi connectivity index (χ0v) is 15.9. The maximum absolute atomic E-state index is 12.7. The van der Waals surface area contributed by atoms with E-state index in [1.165, 1.54) is 0 Å². The van der Waals surface area contributed by atoms with Crippen molar-refractivity contribution < 1.29 is 13.2 Å². The maximum atomic E-state index is 12.7. The van der Waals surface area contributed by atoms with Gasteiger partial charge < -0.3 is 14.6 Å². The topological polar surface area (TPSA) is 91.4 Å². The largest absolute Gasteiger partial charge is 0.376 e. The third-order valence-electron chi connectivity index (χ3n) is 5.47. The average molecular weight is 379 g/mol. The number of rotatable bonds is 5. The molecule has 3 heterocycles. The lowest BCUT2D eigenvalue weighted by Gasteiger charge is -2.42. The molecule has 1 aliphatic carbocycles. The second-order valence-electron chi connectivity index (χ2n) is 7.36. The van der Waals surface area contributed by atoms with E-state index in [-0.39, 0.29) is 17.8 Å². The molecular formula is C17H25N5O3S. The van der Waals surface area contributed by atoms with Gasteiger partial charge in [-0.3, -0.25) is 0 Å². The highest BCUT2D eigenvalue weighted by Gasteiger charge is 2.38. The summed E-state index contributed by atoms with van der Waals surface area (Å²) in [5.41, 5.74) is 0.821. The van der Waals surface area contributed by atoms with Crippen LogP contribution in [0.25, 0.3) is 11.0 Å². The molecule has 0 aromatic carbocycles. The third kappa shape index (κ3) is 3.30. The van der Waals surface area contributed by atoms with Crippen molar-refractivity contribution in [1.29, 1.82) is 0 Å². The van der Waals surface area contributed by atoms with Crippen LogP contribution in [-0.2, 0) is 14.8 Å². The number of hydrogen-bond acceptors (Lipinski definition) is 6. The second-order valence-corrected chi connectivity index (χ2v) is 9.37. The number of nitrogens with zero attached hydrogens (tertiary/aromatic N) is 4. The lowest BCUT2D eigenvalue weighted by molar-refractivity contribution is 0.00994. The van der Waals surface area contributed by atoms with Gasteiger partial charge in [0.1, 0.15) is 17.8 Å². The van der Waals surface area contributed by atoms with Crippen molar-refractivity contribution in [1.82, 2.24) is 19.3 Å². The first-order valence-corrected chi connectivity index (χ1v) is 10.7. The van der Waals surface area contributed by atoms with Crippen LogP contribution in [0.4, 0.5) is 5.82 Å². The first-order chi connectivity index (χ1) is 12.4. The Morgan fingerprint density at radius 3 is 2.96 bits per heavy atom. The van der Waals surface area contributed by atoms with Gasteiger partial charge in [0.2, 0.25) is 10.0 Å². The molecule has 2 aromatic heterocycles. The van der Waals surface area contributed by atoms with Crippen molar-refractivity contribution in [3.8, 4) is 0 Å². The van der Waals surface area contributed by atoms with Crippen LogP contribution in [-0.4, -0.2) is 72.3 Å². The Morgan fingerprint density at radius 1 is 1.38 bits per heavy atom. The third-order valence-corrected chi connectivity index (χ3v) is 7.48. The number of morpholine rings is 1. The number of nitrogens with one attached hydrogen (secondary N) is 1. The van der Waals surface area contributed by atoms with Crippen LogP contribution < -0.4 is 4.90 Å². The van der Waals surface area contributed by atoms with E-state index in [1.807, 2.05) is 26.2 Å². The molecule has 9 heteroatoms. The van der Waals surface area contributed by atoms with Gasteiger partial charge in [-0.1, -0.05) is 0 Å². The van der Waals surface area contributed by atoms with E-state index in [4.69, 9.17) is 4.74 Å². The molecule has 2 aliphatic rings. The highest BCUT2D eigenvalue weighted by Crippen LogP contribution is 2.36. The fraction of sp³-hybridized carbons (Fsp3) is 0.647. The number of H-pyrrole nitrogens is 1. The number of anilines is 1. The molecule has 0 amide bonds. The number of aromatic nitrogens is 3. The standard InChI is InChI=1S/C17H25N5O3S/c1-12-9-22(5-6-25-12)26(23,24)10-13-7-14(8-13)21(2)17-15-3-4-18-16(15)19-11-20-17/h3-4,11-14H,5-10H2,1-2H3,(H,18,19,20)/t12-,13-,14+/m0/s1. The van der Waals surface area contributed by atoms with E-state index in [2.05, 4.69) is 19.9 Å². The van der Waals surface area contributed by atoms with Crippen molar-refractivity contribution >= 4 is 26.9 Å². The zero-order valence-electron chi connectivity index (χ0n) is 15.1. The minimum atomic E-state index is -3.21. The maximum Gasteiger partial charge on any atom is 0.214 e. The quantitative estimate of drug-likeness (QED) is 0.840. The number of sulfonamides is 1. The van der Waals surface area contributed by atoms with Gasteiger partial charge in [0.25, 0.3) is 0 Å². The molecule has 0 unspecified atom stereocenters. The van der Waals surface area contributed by atoms with Crippen LogP contribution in [0.2, 0.25) is 0 Å². The van der Waals surface area contributed by atoms with E-state index >= 15 is 0 Å². The van der Waals surface area contributed by atoms with E-state index < -0.39 is 10.0 Å². The highest BCUT2D eigenvalue weighted by molar-refractivity contribution is 7.89. The molecule has 2 aromatic rings. The fourth-order valence-electron chi connectivity index (χ4n) is 3.91. The number of hydrogen-bond donors (Lipinski definition) is 1. The molecule has 4 rings (SSSR count). The normalized spacial score (nSPS) is 27.4. The van der Waals surface area contributed by atoms with Gasteiger partial charge in [-0.25, -0.2) is 18.4 Å². The van der Waals surface area contributed by atoms with Crippen LogP contribution in [0.3, 0.4) is 0 Å². The molecule has 1 aliphatic heterocycles. The number of ether oxygens (including phenoxy) is 1. The van der Waals surface area contributed by atoms with Crippen LogP contribution in [0, 0.1) is 5.92 Å². The Morgan fingerprint density at radius 2 is 2.19 bits per heavy atom. The van der Waals surface area contributed by atoms with Gasteiger partial charge in [-0.2, -0.15) is 4.31 Å². The van der Waals surface area contributed by atoms with Crippen molar-refractivity contribution in [3.05, 3.63) is 18.6 Å². The van der Waals surface area contributed by atoms with E-state index in [9.17, 15) is 8.42 Å².